The van der Waals surface area contributed by atoms with Crippen LogP contribution in [0.5, 0.6) is 5.88 Å². The first-order valence-corrected chi connectivity index (χ1v) is 6.48. The molecule has 0 fully saturated rings. The molecule has 0 atom stereocenters. The summed E-state index contributed by atoms with van der Waals surface area (Å²) < 4.78 is 5.14. The lowest BCUT2D eigenvalue weighted by Gasteiger charge is -2.16. The topological polar surface area (TPSA) is 91.8 Å². The molecule has 2 rings (SSSR count). The normalized spacial score (nSPS) is 9.86. The fourth-order valence-electron chi connectivity index (χ4n) is 1.64. The second kappa shape index (κ2) is 7.07. The Kier molecular flexibility index (Phi) is 4.92. The SMILES string of the molecule is CN(C(=O)Oc1ccc(NCC(=O)O)cn1)c1ccccc1. The van der Waals surface area contributed by atoms with Gasteiger partial charge in [0.25, 0.3) is 0 Å². The summed E-state index contributed by atoms with van der Waals surface area (Å²) in [4.78, 5) is 27.7. The molecule has 0 spiro atoms. The van der Waals surface area contributed by atoms with Crippen molar-refractivity contribution < 1.29 is 19.4 Å². The summed E-state index contributed by atoms with van der Waals surface area (Å²) in [5, 5.41) is 11.2. The zero-order chi connectivity index (χ0) is 15.9. The van der Waals surface area contributed by atoms with E-state index >= 15 is 0 Å². The van der Waals surface area contributed by atoms with Gasteiger partial charge in [-0.15, -0.1) is 0 Å². The Hall–Kier alpha value is -3.09. The fourth-order valence-corrected chi connectivity index (χ4v) is 1.64. The number of ether oxygens (including phenoxy) is 1. The van der Waals surface area contributed by atoms with Crippen LogP contribution in [0.1, 0.15) is 0 Å². The summed E-state index contributed by atoms with van der Waals surface area (Å²) in [6, 6.07) is 12.1. The van der Waals surface area contributed by atoms with E-state index in [-0.39, 0.29) is 12.4 Å². The van der Waals surface area contributed by atoms with Crippen LogP contribution < -0.4 is 15.0 Å². The van der Waals surface area contributed by atoms with Crippen molar-refractivity contribution in [1.82, 2.24) is 4.98 Å². The van der Waals surface area contributed by atoms with Crippen LogP contribution in [0.4, 0.5) is 16.2 Å². The van der Waals surface area contributed by atoms with E-state index in [4.69, 9.17) is 9.84 Å². The second-order valence-electron chi connectivity index (χ2n) is 4.39. The van der Waals surface area contributed by atoms with Crippen LogP contribution in [-0.4, -0.2) is 35.7 Å². The summed E-state index contributed by atoms with van der Waals surface area (Å²) in [6.45, 7) is -0.211. The number of hydrogen-bond donors (Lipinski definition) is 2. The molecule has 114 valence electrons. The summed E-state index contributed by atoms with van der Waals surface area (Å²) in [5.74, 6) is -0.839. The molecule has 0 saturated carbocycles. The van der Waals surface area contributed by atoms with Crippen LogP contribution in [0, 0.1) is 0 Å². The van der Waals surface area contributed by atoms with Crippen LogP contribution in [0.3, 0.4) is 0 Å². The number of carboxylic acids is 1. The Bertz CT molecular complexity index is 644. The van der Waals surface area contributed by atoms with Gasteiger partial charge in [0, 0.05) is 18.8 Å². The number of nitrogens with one attached hydrogen (secondary N) is 1. The predicted octanol–water partition coefficient (Wildman–Crippen LogP) is 2.21. The number of carboxylic acid groups (broad SMARTS) is 1. The molecule has 0 saturated heterocycles. The number of hydrogen-bond acceptors (Lipinski definition) is 5. The highest BCUT2D eigenvalue weighted by molar-refractivity contribution is 5.88. The van der Waals surface area contributed by atoms with Gasteiger partial charge < -0.3 is 15.2 Å². The molecule has 2 N–H and O–H groups in total. The quantitative estimate of drug-likeness (QED) is 0.879. The summed E-state index contributed by atoms with van der Waals surface area (Å²) in [7, 11) is 1.60. The lowest BCUT2D eigenvalue weighted by Crippen LogP contribution is -2.29. The number of aromatic nitrogens is 1. The molecule has 0 bridgehead atoms. The molecule has 7 nitrogen and oxygen atoms in total. The first-order valence-electron chi connectivity index (χ1n) is 6.48. The standard InChI is InChI=1S/C15H15N3O4/c1-18(12-5-3-2-4-6-12)15(21)22-13-8-7-11(9-17-13)16-10-14(19)20/h2-9,16H,10H2,1H3,(H,19,20). The highest BCUT2D eigenvalue weighted by Gasteiger charge is 2.13. The third-order valence-corrected chi connectivity index (χ3v) is 2.79. The molecular formula is C15H15N3O4. The van der Waals surface area contributed by atoms with E-state index in [9.17, 15) is 9.59 Å². The van der Waals surface area contributed by atoms with Crippen molar-refractivity contribution in [3.63, 3.8) is 0 Å². The average molecular weight is 301 g/mol. The number of aliphatic carboxylic acids is 1. The summed E-state index contributed by atoms with van der Waals surface area (Å²) in [5.41, 5.74) is 1.23. The van der Waals surface area contributed by atoms with E-state index in [0.717, 1.165) is 0 Å². The Labute approximate surface area is 127 Å². The summed E-state index contributed by atoms with van der Waals surface area (Å²) in [6.07, 6.45) is 0.832. The van der Waals surface area contributed by atoms with Gasteiger partial charge in [0.15, 0.2) is 0 Å². The molecule has 0 aliphatic heterocycles. The number of rotatable bonds is 5. The van der Waals surface area contributed by atoms with Crippen LogP contribution in [-0.2, 0) is 4.79 Å². The molecule has 1 amide bonds. The highest BCUT2D eigenvalue weighted by atomic mass is 16.6. The fraction of sp³-hybridized carbons (Fsp3) is 0.133. The second-order valence-corrected chi connectivity index (χ2v) is 4.39. The van der Waals surface area contributed by atoms with Crippen molar-refractivity contribution in [1.29, 1.82) is 0 Å². The van der Waals surface area contributed by atoms with Crippen molar-refractivity contribution in [2.45, 2.75) is 0 Å². The van der Waals surface area contributed by atoms with E-state index in [2.05, 4.69) is 10.3 Å². The smallest absolute Gasteiger partial charge is 0.420 e. The van der Waals surface area contributed by atoms with Gasteiger partial charge in [-0.2, -0.15) is 0 Å². The van der Waals surface area contributed by atoms with Gasteiger partial charge in [-0.25, -0.2) is 9.78 Å². The molecular weight excluding hydrogens is 286 g/mol. The molecule has 0 unspecified atom stereocenters. The number of amides is 1. The molecule has 1 aromatic heterocycles. The average Bonchev–Trinajstić information content (AvgIpc) is 2.54. The van der Waals surface area contributed by atoms with Crippen LogP contribution in [0.25, 0.3) is 0 Å². The van der Waals surface area contributed by atoms with Gasteiger partial charge in [0.2, 0.25) is 5.88 Å². The van der Waals surface area contributed by atoms with Gasteiger partial charge in [0.1, 0.15) is 6.54 Å². The lowest BCUT2D eigenvalue weighted by molar-refractivity contribution is -0.134. The molecule has 1 aromatic carbocycles. The zero-order valence-corrected chi connectivity index (χ0v) is 11.9. The first-order chi connectivity index (χ1) is 10.6. The van der Waals surface area contributed by atoms with Crippen molar-refractivity contribution in [3.8, 4) is 5.88 Å². The molecule has 22 heavy (non-hydrogen) atoms. The minimum atomic E-state index is -0.972. The van der Waals surface area contributed by atoms with E-state index in [0.29, 0.717) is 11.4 Å². The van der Waals surface area contributed by atoms with E-state index in [1.54, 1.807) is 25.2 Å². The maximum Gasteiger partial charge on any atom is 0.420 e. The zero-order valence-electron chi connectivity index (χ0n) is 11.9. The van der Waals surface area contributed by atoms with Crippen molar-refractivity contribution in [2.24, 2.45) is 0 Å². The molecule has 1 heterocycles. The Balaban J connectivity index is 1.95. The van der Waals surface area contributed by atoms with Gasteiger partial charge in [-0.3, -0.25) is 9.69 Å². The molecule has 0 aliphatic carbocycles. The third kappa shape index (κ3) is 4.20. The van der Waals surface area contributed by atoms with Crippen molar-refractivity contribution in [3.05, 3.63) is 48.7 Å². The number of benzene rings is 1. The Morgan fingerprint density at radius 1 is 1.23 bits per heavy atom. The van der Waals surface area contributed by atoms with Gasteiger partial charge >= 0.3 is 12.1 Å². The first kappa shape index (κ1) is 15.3. The molecule has 0 aliphatic rings. The minimum absolute atomic E-state index is 0.133. The highest BCUT2D eigenvalue weighted by Crippen LogP contribution is 2.15. The monoisotopic (exact) mass is 301 g/mol. The van der Waals surface area contributed by atoms with Gasteiger partial charge in [-0.1, -0.05) is 18.2 Å². The molecule has 7 heteroatoms. The maximum absolute atomic E-state index is 12.0. The molecule has 0 radical (unpaired) electrons. The van der Waals surface area contributed by atoms with Gasteiger partial charge in [-0.05, 0) is 18.2 Å². The third-order valence-electron chi connectivity index (χ3n) is 2.79. The van der Waals surface area contributed by atoms with Crippen LogP contribution >= 0.6 is 0 Å². The largest absolute Gasteiger partial charge is 0.480 e. The number of para-hydroxylation sites is 1. The lowest BCUT2D eigenvalue weighted by atomic mass is 10.3. The number of anilines is 2. The van der Waals surface area contributed by atoms with Gasteiger partial charge in [0.05, 0.1) is 11.9 Å². The van der Waals surface area contributed by atoms with Crippen LogP contribution in [0.15, 0.2) is 48.7 Å². The van der Waals surface area contributed by atoms with E-state index in [1.807, 2.05) is 18.2 Å². The van der Waals surface area contributed by atoms with E-state index in [1.165, 1.54) is 17.2 Å². The molecule has 2 aromatic rings. The minimum Gasteiger partial charge on any atom is -0.480 e. The predicted molar refractivity (Wildman–Crippen MR) is 81.2 cm³/mol. The number of carbonyl (C=O) groups excluding carboxylic acids is 1. The number of carbonyl (C=O) groups is 2. The van der Waals surface area contributed by atoms with E-state index < -0.39 is 12.1 Å². The van der Waals surface area contributed by atoms with Crippen molar-refractivity contribution >= 4 is 23.4 Å². The number of pyridine rings is 1. The summed E-state index contributed by atoms with van der Waals surface area (Å²) >= 11 is 0. The Morgan fingerprint density at radius 2 is 1.95 bits per heavy atom. The van der Waals surface area contributed by atoms with Crippen molar-refractivity contribution in [2.75, 3.05) is 23.8 Å². The number of nitrogens with zero attached hydrogens (tertiary/aromatic N) is 2. The van der Waals surface area contributed by atoms with Crippen LogP contribution in [0.2, 0.25) is 0 Å². The Morgan fingerprint density at radius 3 is 2.55 bits per heavy atom. The maximum atomic E-state index is 12.0.